The first-order valence-corrected chi connectivity index (χ1v) is 18.8. The van der Waals surface area contributed by atoms with Gasteiger partial charge in [-0.15, -0.1) is 0 Å². The lowest BCUT2D eigenvalue weighted by atomic mass is 10.1. The molecule has 0 atom stereocenters. The van der Waals surface area contributed by atoms with Crippen molar-refractivity contribution in [3.8, 4) is 5.75 Å². The van der Waals surface area contributed by atoms with Crippen LogP contribution in [0.3, 0.4) is 0 Å². The number of ether oxygens (including phenoxy) is 6. The average molecular weight is 812 g/mol. The first kappa shape index (κ1) is 47.4. The molecule has 0 saturated heterocycles. The van der Waals surface area contributed by atoms with Crippen LogP contribution in [0.2, 0.25) is 5.15 Å². The number of methoxy groups -OCH3 is 1. The molecule has 0 unspecified atom stereocenters. The average Bonchev–Trinajstić information content (AvgIpc) is 3.18. The second-order valence-corrected chi connectivity index (χ2v) is 12.2. The van der Waals surface area contributed by atoms with E-state index in [0.29, 0.717) is 98.8 Å². The van der Waals surface area contributed by atoms with Gasteiger partial charge in [-0.05, 0) is 49.8 Å². The number of amides is 5. The van der Waals surface area contributed by atoms with E-state index in [0.717, 1.165) is 43.4 Å². The van der Waals surface area contributed by atoms with E-state index < -0.39 is 5.91 Å². The molecule has 11 N–H and O–H groups in total. The number of aromatic nitrogens is 2. The lowest BCUT2D eigenvalue weighted by Crippen LogP contribution is -2.41. The number of unbranched alkanes of at least 4 members (excludes halogenated alkanes) is 2. The number of hydrogen-bond acceptors (Lipinski definition) is 14. The fourth-order valence-corrected chi connectivity index (χ4v) is 4.63. The van der Waals surface area contributed by atoms with Crippen LogP contribution in [-0.2, 0) is 30.1 Å². The summed E-state index contributed by atoms with van der Waals surface area (Å²) in [5, 5.41) is 24.0. The van der Waals surface area contributed by atoms with Crippen LogP contribution >= 0.6 is 11.6 Å². The maximum absolute atomic E-state index is 12.3. The van der Waals surface area contributed by atoms with Crippen LogP contribution in [-0.4, -0.2) is 140 Å². The lowest BCUT2D eigenvalue weighted by molar-refractivity contribution is 0.0259. The normalized spacial score (nSPS) is 10.8. The van der Waals surface area contributed by atoms with Crippen LogP contribution in [0.5, 0.6) is 5.75 Å². The van der Waals surface area contributed by atoms with E-state index in [1.807, 2.05) is 24.3 Å². The highest BCUT2D eigenvalue weighted by molar-refractivity contribution is 6.31. The fraction of sp³-hybridized carbons (Fsp3) is 0.600. The van der Waals surface area contributed by atoms with Crippen molar-refractivity contribution in [1.29, 1.82) is 5.41 Å². The topological polar surface area (TPSA) is 280 Å². The van der Waals surface area contributed by atoms with Gasteiger partial charge in [0.2, 0.25) is 0 Å². The number of hydrogen-bond donors (Lipinski definition) is 9. The number of carbonyl (C=O) groups is 3. The van der Waals surface area contributed by atoms with Gasteiger partial charge in [-0.3, -0.25) is 15.5 Å². The van der Waals surface area contributed by atoms with Gasteiger partial charge >= 0.3 is 12.1 Å². The Morgan fingerprint density at radius 1 is 0.643 bits per heavy atom. The molecule has 0 aliphatic carbocycles. The van der Waals surface area contributed by atoms with Crippen LogP contribution in [0.25, 0.3) is 0 Å². The highest BCUT2D eigenvalue weighted by Crippen LogP contribution is 2.17. The molecule has 0 bridgehead atoms. The van der Waals surface area contributed by atoms with E-state index >= 15 is 0 Å². The van der Waals surface area contributed by atoms with Gasteiger partial charge in [-0.1, -0.05) is 23.7 Å². The third kappa shape index (κ3) is 23.2. The summed E-state index contributed by atoms with van der Waals surface area (Å²) in [7, 11) is 1.62. The molecule has 0 aliphatic heterocycles. The van der Waals surface area contributed by atoms with E-state index in [-0.39, 0.29) is 40.5 Å². The Morgan fingerprint density at radius 2 is 1.14 bits per heavy atom. The van der Waals surface area contributed by atoms with Crippen molar-refractivity contribution in [2.24, 2.45) is 0 Å². The largest absolute Gasteiger partial charge is 0.491 e. The van der Waals surface area contributed by atoms with Gasteiger partial charge in [0.15, 0.2) is 28.4 Å². The molecular formula is C35H58ClN11O9. The molecule has 5 amide bonds. The molecule has 314 valence electrons. The van der Waals surface area contributed by atoms with Gasteiger partial charge in [-0.2, -0.15) is 0 Å². The van der Waals surface area contributed by atoms with Gasteiger partial charge in [0, 0.05) is 39.8 Å². The number of aryl methyl sites for hydroxylation is 1. The van der Waals surface area contributed by atoms with Crippen LogP contribution in [0.15, 0.2) is 24.3 Å². The van der Waals surface area contributed by atoms with E-state index in [4.69, 9.17) is 56.9 Å². The monoisotopic (exact) mass is 811 g/mol. The Morgan fingerprint density at radius 3 is 1.73 bits per heavy atom. The van der Waals surface area contributed by atoms with Crippen LogP contribution < -0.4 is 48.1 Å². The molecule has 2 rings (SSSR count). The summed E-state index contributed by atoms with van der Waals surface area (Å²) in [5.41, 5.74) is 12.1. The summed E-state index contributed by atoms with van der Waals surface area (Å²) in [6.07, 6.45) is 3.93. The van der Waals surface area contributed by atoms with Crippen LogP contribution in [0.4, 0.5) is 21.2 Å². The Kier molecular flexibility index (Phi) is 25.8. The molecule has 0 fully saturated rings. The Bertz CT molecular complexity index is 1430. The van der Waals surface area contributed by atoms with Crippen molar-refractivity contribution in [2.45, 2.75) is 32.1 Å². The number of rotatable bonds is 30. The number of urea groups is 2. The number of nitrogens with one attached hydrogen (secondary N) is 7. The summed E-state index contributed by atoms with van der Waals surface area (Å²) >= 11 is 5.80. The molecule has 56 heavy (non-hydrogen) atoms. The van der Waals surface area contributed by atoms with Crippen molar-refractivity contribution >= 4 is 47.2 Å². The van der Waals surface area contributed by atoms with Gasteiger partial charge in [0.1, 0.15) is 12.4 Å². The van der Waals surface area contributed by atoms with Crippen molar-refractivity contribution in [3.05, 3.63) is 40.7 Å². The van der Waals surface area contributed by atoms with Crippen molar-refractivity contribution < 1.29 is 42.8 Å². The molecule has 0 radical (unpaired) electrons. The second kappa shape index (κ2) is 30.5. The zero-order chi connectivity index (χ0) is 40.6. The van der Waals surface area contributed by atoms with Crippen molar-refractivity contribution in [1.82, 2.24) is 41.9 Å². The maximum Gasteiger partial charge on any atom is 0.314 e. The summed E-state index contributed by atoms with van der Waals surface area (Å²) in [4.78, 5) is 43.5. The van der Waals surface area contributed by atoms with E-state index in [9.17, 15) is 14.4 Å². The van der Waals surface area contributed by atoms with E-state index in [1.54, 1.807) is 7.11 Å². The number of nitrogens with zero attached hydrogens (tertiary/aromatic N) is 2. The number of nitrogens with two attached hydrogens (primary N) is 2. The minimum absolute atomic E-state index is 0.0812. The number of carbonyl (C=O) groups excluding carboxylic acids is 3. The molecule has 1 aromatic heterocycles. The number of nitrogen functional groups attached to an aromatic ring is 2. The lowest BCUT2D eigenvalue weighted by Gasteiger charge is -2.11. The molecule has 21 heteroatoms. The highest BCUT2D eigenvalue weighted by Gasteiger charge is 2.17. The number of guanidine groups is 1. The SMILES string of the molecule is COCCOCCOCCNC(=O)NCCCCNC(=O)NCCOCCOCCOc1ccc(CCCCNC(=N)NC(=O)c2nc(Cl)c(N)nc2N)cc1. The molecule has 0 saturated carbocycles. The third-order valence-corrected chi connectivity index (χ3v) is 7.66. The molecule has 20 nitrogen and oxygen atoms in total. The van der Waals surface area contributed by atoms with Gasteiger partial charge < -0.3 is 66.5 Å². The highest BCUT2D eigenvalue weighted by atomic mass is 35.5. The molecule has 1 heterocycles. The third-order valence-electron chi connectivity index (χ3n) is 7.39. The van der Waals surface area contributed by atoms with E-state index in [2.05, 4.69) is 41.9 Å². The van der Waals surface area contributed by atoms with E-state index in [1.165, 1.54) is 0 Å². The minimum Gasteiger partial charge on any atom is -0.491 e. The predicted molar refractivity (Wildman–Crippen MR) is 211 cm³/mol. The zero-order valence-corrected chi connectivity index (χ0v) is 32.8. The first-order chi connectivity index (χ1) is 27.2. The van der Waals surface area contributed by atoms with Crippen LogP contribution in [0, 0.1) is 5.41 Å². The second-order valence-electron chi connectivity index (χ2n) is 11.9. The van der Waals surface area contributed by atoms with Gasteiger partial charge in [-0.25, -0.2) is 19.6 Å². The number of benzene rings is 1. The summed E-state index contributed by atoms with van der Waals surface area (Å²) in [6, 6.07) is 7.29. The van der Waals surface area contributed by atoms with Crippen molar-refractivity contribution in [2.75, 3.05) is 117 Å². The molecule has 2 aromatic rings. The molecular weight excluding hydrogens is 754 g/mol. The van der Waals surface area contributed by atoms with Crippen molar-refractivity contribution in [3.63, 3.8) is 0 Å². The zero-order valence-electron chi connectivity index (χ0n) is 32.1. The van der Waals surface area contributed by atoms with Gasteiger partial charge in [0.05, 0.1) is 59.5 Å². The standard InChI is InChI=1S/C35H58ClN11O9/c1-51-18-19-54-22-20-52-16-14-43-34(49)41-12-4-5-13-42-35(50)44-15-17-53-21-23-55-24-25-56-27-9-7-26(8-10-27)6-2-3-11-40-33(39)47-32(48)28-30(37)46-31(38)29(36)45-28/h7-10H,2-6,11-25H2,1H3,(H4,37,38,46)(H2,41,43,49)(H2,42,44,50)(H3,39,40,47,48). The minimum atomic E-state index is -0.712. The number of anilines is 2. The molecule has 0 aliphatic rings. The van der Waals surface area contributed by atoms with Gasteiger partial charge in [0.25, 0.3) is 5.91 Å². The Balaban J connectivity index is 1.35. The molecule has 1 aromatic carbocycles. The predicted octanol–water partition coefficient (Wildman–Crippen LogP) is 1.04. The Labute approximate surface area is 332 Å². The first-order valence-electron chi connectivity index (χ1n) is 18.5. The Hall–Kier alpha value is -4.73. The fourth-order valence-electron chi connectivity index (χ4n) is 4.50. The van der Waals surface area contributed by atoms with Crippen LogP contribution in [0.1, 0.15) is 41.7 Å². The summed E-state index contributed by atoms with van der Waals surface area (Å²) in [6.45, 7) is 6.62. The quantitative estimate of drug-likeness (QED) is 0.0303. The molecule has 0 spiro atoms. The summed E-state index contributed by atoms with van der Waals surface area (Å²) in [5.74, 6) is -0.418. The smallest absolute Gasteiger partial charge is 0.314 e. The summed E-state index contributed by atoms with van der Waals surface area (Å²) < 4.78 is 32.3. The number of halogens is 1. The maximum atomic E-state index is 12.3.